The van der Waals surface area contributed by atoms with Gasteiger partial charge in [-0.3, -0.25) is 0 Å². The Morgan fingerprint density at radius 2 is 2.00 bits per heavy atom. The second-order valence-electron chi connectivity index (χ2n) is 6.51. The topological polar surface area (TPSA) is 101 Å². The average molecular weight is 411 g/mol. The molecule has 7 nitrogen and oxygen atoms in total. The van der Waals surface area contributed by atoms with Crippen molar-refractivity contribution >= 4 is 46.0 Å². The van der Waals surface area contributed by atoms with Crippen molar-refractivity contribution in [2.45, 2.75) is 18.9 Å². The summed E-state index contributed by atoms with van der Waals surface area (Å²) in [5.41, 5.74) is 2.37. The molecule has 0 spiro atoms. The van der Waals surface area contributed by atoms with Gasteiger partial charge in [0.1, 0.15) is 18.4 Å². The summed E-state index contributed by atoms with van der Waals surface area (Å²) in [7, 11) is 0. The number of hydrogen-bond acceptors (Lipinski definition) is 4. The molecule has 0 bridgehead atoms. The van der Waals surface area contributed by atoms with E-state index in [2.05, 4.69) is 5.32 Å². The van der Waals surface area contributed by atoms with Crippen LogP contribution < -0.4 is 10.1 Å². The van der Waals surface area contributed by atoms with Gasteiger partial charge in [-0.15, -0.1) is 0 Å². The molecule has 3 N–H and O–H groups in total. The van der Waals surface area contributed by atoms with Gasteiger partial charge < -0.3 is 24.8 Å². The van der Waals surface area contributed by atoms with E-state index in [-0.39, 0.29) is 12.2 Å². The molecule has 2 aliphatic rings. The molecule has 1 atom stereocenters. The van der Waals surface area contributed by atoms with Crippen LogP contribution >= 0.6 is 23.2 Å². The number of ether oxygens (including phenoxy) is 1. The predicted molar refractivity (Wildman–Crippen MR) is 100 cm³/mol. The van der Waals surface area contributed by atoms with Crippen molar-refractivity contribution in [1.29, 1.82) is 0 Å². The van der Waals surface area contributed by atoms with Gasteiger partial charge in [-0.05, 0) is 18.5 Å². The number of carboxylic acids is 2. The normalized spacial score (nSPS) is 19.3. The first-order chi connectivity index (χ1) is 12.9. The second-order valence-corrected chi connectivity index (χ2v) is 7.29. The molecule has 142 valence electrons. The lowest BCUT2D eigenvalue weighted by Gasteiger charge is -2.29. The van der Waals surface area contributed by atoms with Gasteiger partial charge in [0.15, 0.2) is 0 Å². The van der Waals surface area contributed by atoms with E-state index in [0.717, 1.165) is 35.8 Å². The number of nitrogens with one attached hydrogen (secondary N) is 1. The van der Waals surface area contributed by atoms with Gasteiger partial charge >= 0.3 is 11.9 Å². The van der Waals surface area contributed by atoms with Crippen LogP contribution in [0.5, 0.6) is 5.75 Å². The molecule has 0 saturated heterocycles. The summed E-state index contributed by atoms with van der Waals surface area (Å²) in [4.78, 5) is 23.0. The molecule has 1 aromatic carbocycles. The third kappa shape index (κ3) is 2.86. The SMILES string of the molecule is O=C(O)/C=C(\C(=O)O)C1COc2cc(Cl)c(Cl)c3c4c(n1c23)CCNCC4. The molecule has 0 radical (unpaired) electrons. The number of aliphatic carboxylic acids is 2. The van der Waals surface area contributed by atoms with Gasteiger partial charge in [0.2, 0.25) is 0 Å². The third-order valence-electron chi connectivity index (χ3n) is 5.02. The van der Waals surface area contributed by atoms with Crippen LogP contribution in [0.4, 0.5) is 0 Å². The summed E-state index contributed by atoms with van der Waals surface area (Å²) in [6.07, 6.45) is 2.09. The van der Waals surface area contributed by atoms with Crippen LogP contribution in [0.2, 0.25) is 10.0 Å². The zero-order valence-corrected chi connectivity index (χ0v) is 15.6. The Labute approximate surface area is 164 Å². The fourth-order valence-electron chi connectivity index (χ4n) is 3.98. The van der Waals surface area contributed by atoms with Gasteiger partial charge in [-0.2, -0.15) is 0 Å². The standard InChI is InChI=1S/C18H16Cl2N2O5/c19-10-6-13-17-15(16(10)20)8-1-3-21-4-2-11(8)22(17)12(7-27-13)9(18(25)26)5-14(23)24/h5-6,12,21H,1-4,7H2,(H,23,24)(H,25,26)/b9-5-. The minimum absolute atomic E-state index is 0.0000230. The van der Waals surface area contributed by atoms with Crippen LogP contribution in [-0.2, 0) is 22.4 Å². The minimum atomic E-state index is -1.32. The van der Waals surface area contributed by atoms with Crippen LogP contribution in [0.1, 0.15) is 17.3 Å². The van der Waals surface area contributed by atoms with Gasteiger partial charge in [0.05, 0.1) is 21.1 Å². The van der Waals surface area contributed by atoms with Crippen molar-refractivity contribution in [1.82, 2.24) is 9.88 Å². The van der Waals surface area contributed by atoms with Crippen LogP contribution in [0.25, 0.3) is 10.9 Å². The first-order valence-corrected chi connectivity index (χ1v) is 9.20. The molecule has 0 aliphatic carbocycles. The van der Waals surface area contributed by atoms with E-state index in [9.17, 15) is 14.7 Å². The highest BCUT2D eigenvalue weighted by molar-refractivity contribution is 6.45. The van der Waals surface area contributed by atoms with E-state index in [1.165, 1.54) is 0 Å². The lowest BCUT2D eigenvalue weighted by Crippen LogP contribution is -2.29. The monoisotopic (exact) mass is 410 g/mol. The molecule has 0 amide bonds. The molecule has 0 fully saturated rings. The highest BCUT2D eigenvalue weighted by Crippen LogP contribution is 2.47. The van der Waals surface area contributed by atoms with E-state index in [4.69, 9.17) is 33.0 Å². The summed E-state index contributed by atoms with van der Waals surface area (Å²) >= 11 is 12.8. The Morgan fingerprint density at radius 1 is 1.26 bits per heavy atom. The number of benzene rings is 1. The molecule has 1 unspecified atom stereocenters. The van der Waals surface area contributed by atoms with E-state index < -0.39 is 18.0 Å². The number of aromatic nitrogens is 1. The van der Waals surface area contributed by atoms with Gasteiger partial charge in [0, 0.05) is 36.2 Å². The zero-order chi connectivity index (χ0) is 19.3. The van der Waals surface area contributed by atoms with E-state index in [0.29, 0.717) is 34.2 Å². The smallest absolute Gasteiger partial charge is 0.334 e. The zero-order valence-electron chi connectivity index (χ0n) is 14.1. The fraction of sp³-hybridized carbons (Fsp3) is 0.333. The summed E-state index contributed by atoms with van der Waals surface area (Å²) < 4.78 is 7.67. The number of nitrogens with zero attached hydrogens (tertiary/aromatic N) is 1. The molecular weight excluding hydrogens is 395 g/mol. The van der Waals surface area contributed by atoms with Crippen LogP contribution in [-0.4, -0.2) is 46.4 Å². The van der Waals surface area contributed by atoms with Crippen molar-refractivity contribution < 1.29 is 24.5 Å². The van der Waals surface area contributed by atoms with Crippen molar-refractivity contribution in [2.24, 2.45) is 0 Å². The summed E-state index contributed by atoms with van der Waals surface area (Å²) in [6.45, 7) is 1.48. The maximum atomic E-state index is 11.8. The molecule has 0 saturated carbocycles. The van der Waals surface area contributed by atoms with Gasteiger partial charge in [-0.25, -0.2) is 9.59 Å². The first-order valence-electron chi connectivity index (χ1n) is 8.45. The van der Waals surface area contributed by atoms with E-state index in [1.54, 1.807) is 6.07 Å². The number of carboxylic acid groups (broad SMARTS) is 2. The van der Waals surface area contributed by atoms with Crippen molar-refractivity contribution in [3.63, 3.8) is 0 Å². The Balaban J connectivity index is 2.06. The molecule has 3 heterocycles. The van der Waals surface area contributed by atoms with E-state index >= 15 is 0 Å². The Morgan fingerprint density at radius 3 is 2.70 bits per heavy atom. The Hall–Kier alpha value is -2.22. The van der Waals surface area contributed by atoms with Crippen molar-refractivity contribution in [2.75, 3.05) is 19.7 Å². The maximum absolute atomic E-state index is 11.8. The first kappa shape index (κ1) is 18.2. The maximum Gasteiger partial charge on any atom is 0.334 e. The highest BCUT2D eigenvalue weighted by atomic mass is 35.5. The van der Waals surface area contributed by atoms with E-state index in [1.807, 2.05) is 4.57 Å². The number of halogens is 2. The number of hydrogen-bond donors (Lipinski definition) is 3. The Kier molecular flexibility index (Phi) is 4.53. The van der Waals surface area contributed by atoms with Crippen molar-refractivity contribution in [3.8, 4) is 5.75 Å². The largest absolute Gasteiger partial charge is 0.489 e. The van der Waals surface area contributed by atoms with Crippen LogP contribution in [0, 0.1) is 0 Å². The number of fused-ring (bicyclic) bond motifs is 3. The average Bonchev–Trinajstić information content (AvgIpc) is 2.77. The lowest BCUT2D eigenvalue weighted by molar-refractivity contribution is -0.135. The summed E-state index contributed by atoms with van der Waals surface area (Å²) in [6, 6.07) is 0.852. The summed E-state index contributed by atoms with van der Waals surface area (Å²) in [5.74, 6) is -2.09. The minimum Gasteiger partial charge on any atom is -0.489 e. The highest BCUT2D eigenvalue weighted by Gasteiger charge is 2.35. The number of carbonyl (C=O) groups is 2. The number of rotatable bonds is 3. The molecule has 2 aliphatic heterocycles. The Bertz CT molecular complexity index is 1010. The lowest BCUT2D eigenvalue weighted by atomic mass is 10.1. The molecule has 2 aromatic rings. The molecule has 1 aromatic heterocycles. The molecule has 27 heavy (non-hydrogen) atoms. The molecular formula is C18H16Cl2N2O5. The van der Waals surface area contributed by atoms with Gasteiger partial charge in [0.25, 0.3) is 0 Å². The van der Waals surface area contributed by atoms with Crippen LogP contribution in [0.15, 0.2) is 17.7 Å². The summed E-state index contributed by atoms with van der Waals surface area (Å²) in [5, 5.41) is 23.6. The van der Waals surface area contributed by atoms with Crippen molar-refractivity contribution in [3.05, 3.63) is 39.0 Å². The van der Waals surface area contributed by atoms with Crippen LogP contribution in [0.3, 0.4) is 0 Å². The third-order valence-corrected chi connectivity index (χ3v) is 5.81. The van der Waals surface area contributed by atoms with Gasteiger partial charge in [-0.1, -0.05) is 23.2 Å². The quantitative estimate of drug-likeness (QED) is 0.672. The molecule has 4 rings (SSSR count). The second kappa shape index (κ2) is 6.74. The molecule has 9 heteroatoms. The predicted octanol–water partition coefficient (Wildman–Crippen LogP) is 2.67. The fourth-order valence-corrected chi connectivity index (χ4v) is 4.43.